The number of anilines is 1. The van der Waals surface area contributed by atoms with Gasteiger partial charge in [-0.1, -0.05) is 26.8 Å². The van der Waals surface area contributed by atoms with E-state index in [-0.39, 0.29) is 0 Å². The SMILES string of the molecule is CNCc1ccc(N2CCC(C(C)(C)C)C2)nc1C. The number of rotatable bonds is 3. The number of nitrogens with zero attached hydrogens (tertiary/aromatic N) is 2. The van der Waals surface area contributed by atoms with Crippen LogP contribution in [0, 0.1) is 18.3 Å². The fourth-order valence-corrected chi connectivity index (χ4v) is 2.81. The average molecular weight is 261 g/mol. The van der Waals surface area contributed by atoms with Crippen LogP contribution in [0.2, 0.25) is 0 Å². The highest BCUT2D eigenvalue weighted by Crippen LogP contribution is 2.35. The predicted octanol–water partition coefficient (Wildman–Crippen LogP) is 2.98. The second-order valence-electron chi connectivity index (χ2n) is 6.74. The zero-order chi connectivity index (χ0) is 14.0. The van der Waals surface area contributed by atoms with Gasteiger partial charge in [0, 0.05) is 25.3 Å². The summed E-state index contributed by atoms with van der Waals surface area (Å²) in [5.74, 6) is 1.91. The molecule has 3 nitrogen and oxygen atoms in total. The van der Waals surface area contributed by atoms with Gasteiger partial charge in [0.15, 0.2) is 0 Å². The van der Waals surface area contributed by atoms with Gasteiger partial charge in [0.1, 0.15) is 5.82 Å². The van der Waals surface area contributed by atoms with E-state index >= 15 is 0 Å². The van der Waals surface area contributed by atoms with Crippen LogP contribution in [0.25, 0.3) is 0 Å². The van der Waals surface area contributed by atoms with Crippen molar-refractivity contribution < 1.29 is 0 Å². The Labute approximate surface area is 117 Å². The van der Waals surface area contributed by atoms with Gasteiger partial charge in [-0.2, -0.15) is 0 Å². The first kappa shape index (κ1) is 14.3. The molecule has 0 bridgehead atoms. The van der Waals surface area contributed by atoms with Gasteiger partial charge in [-0.25, -0.2) is 4.98 Å². The van der Waals surface area contributed by atoms with Crippen molar-refractivity contribution in [3.05, 3.63) is 23.4 Å². The van der Waals surface area contributed by atoms with Crippen LogP contribution < -0.4 is 10.2 Å². The molecule has 1 unspecified atom stereocenters. The Bertz CT molecular complexity index is 434. The second kappa shape index (κ2) is 5.49. The molecule has 1 aliphatic rings. The quantitative estimate of drug-likeness (QED) is 0.906. The molecule has 2 heterocycles. The third kappa shape index (κ3) is 3.27. The van der Waals surface area contributed by atoms with E-state index in [4.69, 9.17) is 4.98 Å². The van der Waals surface area contributed by atoms with E-state index in [1.807, 2.05) is 7.05 Å². The summed E-state index contributed by atoms with van der Waals surface area (Å²) in [4.78, 5) is 7.21. The summed E-state index contributed by atoms with van der Waals surface area (Å²) in [5.41, 5.74) is 2.83. The number of hydrogen-bond acceptors (Lipinski definition) is 3. The van der Waals surface area contributed by atoms with Crippen LogP contribution in [-0.2, 0) is 6.54 Å². The first-order valence-electron chi connectivity index (χ1n) is 7.28. The Morgan fingerprint density at radius 1 is 1.37 bits per heavy atom. The number of hydrogen-bond donors (Lipinski definition) is 1. The topological polar surface area (TPSA) is 28.2 Å². The molecule has 1 atom stereocenters. The van der Waals surface area contributed by atoms with Crippen molar-refractivity contribution in [2.75, 3.05) is 25.0 Å². The first-order valence-corrected chi connectivity index (χ1v) is 7.28. The maximum atomic E-state index is 4.78. The van der Waals surface area contributed by atoms with Crippen molar-refractivity contribution in [3.63, 3.8) is 0 Å². The molecular weight excluding hydrogens is 234 g/mol. The minimum absolute atomic E-state index is 0.399. The lowest BCUT2D eigenvalue weighted by Gasteiger charge is -2.27. The standard InChI is InChI=1S/C16H27N3/c1-12-13(10-17-5)6-7-15(18-12)19-9-8-14(11-19)16(2,3)4/h6-7,14,17H,8-11H2,1-5H3. The Morgan fingerprint density at radius 3 is 2.63 bits per heavy atom. The van der Waals surface area contributed by atoms with Gasteiger partial charge in [0.05, 0.1) is 0 Å². The van der Waals surface area contributed by atoms with Gasteiger partial charge in [0.25, 0.3) is 0 Å². The molecule has 19 heavy (non-hydrogen) atoms. The molecule has 1 aliphatic heterocycles. The Morgan fingerprint density at radius 2 is 2.11 bits per heavy atom. The predicted molar refractivity (Wildman–Crippen MR) is 81.5 cm³/mol. The molecular formula is C16H27N3. The largest absolute Gasteiger partial charge is 0.356 e. The minimum atomic E-state index is 0.399. The van der Waals surface area contributed by atoms with Crippen LogP contribution in [0.15, 0.2) is 12.1 Å². The van der Waals surface area contributed by atoms with Crippen LogP contribution in [0.3, 0.4) is 0 Å². The highest BCUT2D eigenvalue weighted by molar-refractivity contribution is 5.42. The number of nitrogens with one attached hydrogen (secondary N) is 1. The molecule has 0 radical (unpaired) electrons. The zero-order valence-electron chi connectivity index (χ0n) is 13.0. The Balaban J connectivity index is 2.10. The maximum absolute atomic E-state index is 4.78. The molecule has 1 N–H and O–H groups in total. The van der Waals surface area contributed by atoms with E-state index in [9.17, 15) is 0 Å². The average Bonchev–Trinajstić information content (AvgIpc) is 2.81. The van der Waals surface area contributed by atoms with E-state index in [0.29, 0.717) is 5.41 Å². The summed E-state index contributed by atoms with van der Waals surface area (Å²) >= 11 is 0. The van der Waals surface area contributed by atoms with E-state index in [2.05, 4.69) is 50.0 Å². The fraction of sp³-hybridized carbons (Fsp3) is 0.688. The number of aromatic nitrogens is 1. The summed E-state index contributed by atoms with van der Waals surface area (Å²) in [7, 11) is 1.97. The van der Waals surface area contributed by atoms with E-state index in [0.717, 1.165) is 37.1 Å². The summed E-state index contributed by atoms with van der Waals surface area (Å²) in [6.07, 6.45) is 1.28. The van der Waals surface area contributed by atoms with Gasteiger partial charge < -0.3 is 10.2 Å². The van der Waals surface area contributed by atoms with Gasteiger partial charge in [-0.3, -0.25) is 0 Å². The van der Waals surface area contributed by atoms with Gasteiger partial charge >= 0.3 is 0 Å². The molecule has 1 fully saturated rings. The summed E-state index contributed by atoms with van der Waals surface area (Å²) in [6, 6.07) is 4.38. The smallest absolute Gasteiger partial charge is 0.128 e. The van der Waals surface area contributed by atoms with Crippen molar-refractivity contribution in [1.82, 2.24) is 10.3 Å². The fourth-order valence-electron chi connectivity index (χ4n) is 2.81. The molecule has 106 valence electrons. The summed E-state index contributed by atoms with van der Waals surface area (Å²) in [6.45, 7) is 12.3. The molecule has 2 rings (SSSR count). The van der Waals surface area contributed by atoms with Crippen LogP contribution >= 0.6 is 0 Å². The Hall–Kier alpha value is -1.09. The number of pyridine rings is 1. The van der Waals surface area contributed by atoms with E-state index < -0.39 is 0 Å². The van der Waals surface area contributed by atoms with E-state index in [1.54, 1.807) is 0 Å². The van der Waals surface area contributed by atoms with Crippen molar-refractivity contribution in [3.8, 4) is 0 Å². The highest BCUT2D eigenvalue weighted by Gasteiger charge is 2.32. The molecule has 1 aromatic heterocycles. The van der Waals surface area contributed by atoms with Crippen molar-refractivity contribution in [2.24, 2.45) is 11.3 Å². The third-order valence-electron chi connectivity index (χ3n) is 4.28. The third-order valence-corrected chi connectivity index (χ3v) is 4.28. The molecule has 0 spiro atoms. The van der Waals surface area contributed by atoms with Crippen LogP contribution in [0.1, 0.15) is 38.4 Å². The lowest BCUT2D eigenvalue weighted by Crippen LogP contribution is -2.26. The van der Waals surface area contributed by atoms with Crippen molar-refractivity contribution >= 4 is 5.82 Å². The highest BCUT2D eigenvalue weighted by atomic mass is 15.2. The number of aryl methyl sites for hydroxylation is 1. The molecule has 1 aromatic rings. The molecule has 1 saturated heterocycles. The normalized spacial score (nSPS) is 20.1. The summed E-state index contributed by atoms with van der Waals surface area (Å²) in [5, 5.41) is 3.19. The first-order chi connectivity index (χ1) is 8.91. The monoisotopic (exact) mass is 261 g/mol. The molecule has 0 amide bonds. The summed E-state index contributed by atoms with van der Waals surface area (Å²) < 4.78 is 0. The van der Waals surface area contributed by atoms with Crippen LogP contribution in [-0.4, -0.2) is 25.1 Å². The maximum Gasteiger partial charge on any atom is 0.128 e. The zero-order valence-corrected chi connectivity index (χ0v) is 13.0. The van der Waals surface area contributed by atoms with Crippen LogP contribution in [0.5, 0.6) is 0 Å². The lowest BCUT2D eigenvalue weighted by molar-refractivity contribution is 0.263. The van der Waals surface area contributed by atoms with Crippen molar-refractivity contribution in [2.45, 2.75) is 40.7 Å². The van der Waals surface area contributed by atoms with Crippen molar-refractivity contribution in [1.29, 1.82) is 0 Å². The van der Waals surface area contributed by atoms with Gasteiger partial charge in [0.2, 0.25) is 0 Å². The molecule has 0 saturated carbocycles. The van der Waals surface area contributed by atoms with Gasteiger partial charge in [-0.05, 0) is 43.4 Å². The molecule has 3 heteroatoms. The molecule has 0 aromatic carbocycles. The minimum Gasteiger partial charge on any atom is -0.356 e. The second-order valence-corrected chi connectivity index (χ2v) is 6.74. The lowest BCUT2D eigenvalue weighted by atomic mass is 9.80. The van der Waals surface area contributed by atoms with Gasteiger partial charge in [-0.15, -0.1) is 0 Å². The molecule has 0 aliphatic carbocycles. The Kier molecular flexibility index (Phi) is 4.14. The van der Waals surface area contributed by atoms with Crippen LogP contribution in [0.4, 0.5) is 5.82 Å². The van der Waals surface area contributed by atoms with E-state index in [1.165, 1.54) is 12.0 Å².